The molecule has 0 radical (unpaired) electrons. The van der Waals surface area contributed by atoms with Crippen molar-refractivity contribution in [2.24, 2.45) is 5.92 Å². The summed E-state index contributed by atoms with van der Waals surface area (Å²) >= 11 is 3.32. The van der Waals surface area contributed by atoms with Crippen molar-refractivity contribution in [3.05, 3.63) is 28.7 Å². The second-order valence-electron chi connectivity index (χ2n) is 5.81. The fraction of sp³-hybridized carbons (Fsp3) is 0.600. The first-order chi connectivity index (χ1) is 9.99. The molecule has 0 aromatic heterocycles. The maximum atomic E-state index is 12.5. The zero-order chi connectivity index (χ0) is 14.9. The summed E-state index contributed by atoms with van der Waals surface area (Å²) in [5.74, 6) is -0.244. The van der Waals surface area contributed by atoms with Crippen LogP contribution in [0.2, 0.25) is 0 Å². The van der Waals surface area contributed by atoms with Gasteiger partial charge >= 0.3 is 0 Å². The van der Waals surface area contributed by atoms with E-state index in [9.17, 15) is 8.42 Å². The number of sulfone groups is 1. The van der Waals surface area contributed by atoms with Crippen LogP contribution in [-0.2, 0) is 19.3 Å². The van der Waals surface area contributed by atoms with Crippen molar-refractivity contribution < 1.29 is 17.9 Å². The van der Waals surface area contributed by atoms with Gasteiger partial charge in [-0.2, -0.15) is 0 Å². The van der Waals surface area contributed by atoms with Crippen molar-refractivity contribution >= 4 is 25.8 Å². The molecule has 116 valence electrons. The van der Waals surface area contributed by atoms with E-state index >= 15 is 0 Å². The van der Waals surface area contributed by atoms with E-state index in [1.54, 1.807) is 24.3 Å². The van der Waals surface area contributed by atoms with Crippen LogP contribution < -0.4 is 0 Å². The first-order valence-corrected chi connectivity index (χ1v) is 9.70. The molecule has 0 unspecified atom stereocenters. The molecule has 1 atom stereocenters. The van der Waals surface area contributed by atoms with Crippen LogP contribution in [-0.4, -0.2) is 33.2 Å². The molecule has 6 heteroatoms. The van der Waals surface area contributed by atoms with Crippen molar-refractivity contribution in [2.45, 2.75) is 36.4 Å². The van der Waals surface area contributed by atoms with Gasteiger partial charge in [0.05, 0.1) is 23.9 Å². The molecule has 1 aromatic rings. The Balaban J connectivity index is 1.71. The van der Waals surface area contributed by atoms with E-state index in [0.29, 0.717) is 24.5 Å². The van der Waals surface area contributed by atoms with Crippen LogP contribution in [0.25, 0.3) is 0 Å². The Morgan fingerprint density at radius 2 is 1.86 bits per heavy atom. The highest BCUT2D eigenvalue weighted by Gasteiger charge is 2.42. The Bertz CT molecular complexity index is 591. The molecule has 4 nitrogen and oxygen atoms in total. The highest BCUT2D eigenvalue weighted by molar-refractivity contribution is 9.10. The summed E-state index contributed by atoms with van der Waals surface area (Å²) in [4.78, 5) is 0.388. The topological polar surface area (TPSA) is 52.6 Å². The number of hydrogen-bond acceptors (Lipinski definition) is 4. The summed E-state index contributed by atoms with van der Waals surface area (Å²) in [5.41, 5.74) is 0. The smallest absolute Gasteiger partial charge is 0.178 e. The molecule has 1 spiro atoms. The minimum Gasteiger partial charge on any atom is -0.348 e. The predicted octanol–water partition coefficient (Wildman–Crippen LogP) is 3.16. The maximum absolute atomic E-state index is 12.5. The molecule has 21 heavy (non-hydrogen) atoms. The summed E-state index contributed by atoms with van der Waals surface area (Å²) in [6.45, 7) is 1.23. The van der Waals surface area contributed by atoms with Crippen LogP contribution in [0.5, 0.6) is 0 Å². The summed E-state index contributed by atoms with van der Waals surface area (Å²) < 4.78 is 37.4. The van der Waals surface area contributed by atoms with Gasteiger partial charge < -0.3 is 9.47 Å². The molecule has 0 N–H and O–H groups in total. The second-order valence-corrected chi connectivity index (χ2v) is 8.76. The highest BCUT2D eigenvalue weighted by atomic mass is 79.9. The summed E-state index contributed by atoms with van der Waals surface area (Å²) in [5, 5.41) is 0. The SMILES string of the molecule is O=S(=O)(C[C@@H]1CCCC2(C1)OCCO2)c1ccc(Br)cc1. The zero-order valence-corrected chi connectivity index (χ0v) is 14.2. The molecule has 2 fully saturated rings. The van der Waals surface area contributed by atoms with E-state index < -0.39 is 15.6 Å². The third-order valence-corrected chi connectivity index (χ3v) is 6.64. The fourth-order valence-electron chi connectivity index (χ4n) is 3.25. The van der Waals surface area contributed by atoms with Crippen LogP contribution in [0, 0.1) is 5.92 Å². The van der Waals surface area contributed by atoms with Gasteiger partial charge in [-0.1, -0.05) is 15.9 Å². The molecule has 1 aliphatic carbocycles. The first-order valence-electron chi connectivity index (χ1n) is 7.25. The monoisotopic (exact) mass is 374 g/mol. The van der Waals surface area contributed by atoms with Crippen LogP contribution in [0.15, 0.2) is 33.6 Å². The van der Waals surface area contributed by atoms with Gasteiger partial charge in [-0.3, -0.25) is 0 Å². The molecular formula is C15H19BrO4S. The van der Waals surface area contributed by atoms with Gasteiger partial charge in [-0.15, -0.1) is 0 Å². The van der Waals surface area contributed by atoms with Crippen molar-refractivity contribution in [3.63, 3.8) is 0 Å². The van der Waals surface area contributed by atoms with Crippen LogP contribution in [0.4, 0.5) is 0 Å². The second kappa shape index (κ2) is 5.99. The van der Waals surface area contributed by atoms with Gasteiger partial charge in [0.2, 0.25) is 0 Å². The Kier molecular flexibility index (Phi) is 4.41. The summed E-state index contributed by atoms with van der Waals surface area (Å²) in [6.07, 6.45) is 3.44. The average molecular weight is 375 g/mol. The minimum absolute atomic E-state index is 0.102. The van der Waals surface area contributed by atoms with Gasteiger partial charge in [-0.25, -0.2) is 8.42 Å². The van der Waals surface area contributed by atoms with E-state index in [1.165, 1.54) is 0 Å². The summed E-state index contributed by atoms with van der Waals surface area (Å²) in [6, 6.07) is 6.83. The number of hydrogen-bond donors (Lipinski definition) is 0. The molecule has 2 aliphatic rings. The van der Waals surface area contributed by atoms with Crippen molar-refractivity contribution in [2.75, 3.05) is 19.0 Å². The van der Waals surface area contributed by atoms with Crippen molar-refractivity contribution in [1.82, 2.24) is 0 Å². The Morgan fingerprint density at radius 1 is 1.19 bits per heavy atom. The molecule has 1 saturated carbocycles. The highest BCUT2D eigenvalue weighted by Crippen LogP contribution is 2.39. The normalized spacial score (nSPS) is 25.3. The lowest BCUT2D eigenvalue weighted by molar-refractivity contribution is -0.185. The van der Waals surface area contributed by atoms with E-state index in [-0.39, 0.29) is 11.7 Å². The summed E-state index contributed by atoms with van der Waals surface area (Å²) in [7, 11) is -3.25. The zero-order valence-electron chi connectivity index (χ0n) is 11.8. The van der Waals surface area contributed by atoms with Crippen LogP contribution >= 0.6 is 15.9 Å². The third-order valence-electron chi connectivity index (χ3n) is 4.21. The number of halogens is 1. The number of ether oxygens (including phenoxy) is 2. The molecule has 3 rings (SSSR count). The van der Waals surface area contributed by atoms with Gasteiger partial charge in [-0.05, 0) is 43.0 Å². The van der Waals surface area contributed by atoms with E-state index in [4.69, 9.17) is 9.47 Å². The van der Waals surface area contributed by atoms with E-state index in [1.807, 2.05) is 0 Å². The fourth-order valence-corrected chi connectivity index (χ4v) is 5.17. The Labute approximate surface area is 133 Å². The van der Waals surface area contributed by atoms with Gasteiger partial charge in [0, 0.05) is 17.3 Å². The molecule has 0 bridgehead atoms. The molecule has 1 saturated heterocycles. The maximum Gasteiger partial charge on any atom is 0.178 e. The number of rotatable bonds is 3. The third kappa shape index (κ3) is 3.50. The van der Waals surface area contributed by atoms with Crippen LogP contribution in [0.1, 0.15) is 25.7 Å². The largest absolute Gasteiger partial charge is 0.348 e. The lowest BCUT2D eigenvalue weighted by Gasteiger charge is -2.36. The van der Waals surface area contributed by atoms with Gasteiger partial charge in [0.1, 0.15) is 0 Å². The quantitative estimate of drug-likeness (QED) is 0.815. The van der Waals surface area contributed by atoms with Gasteiger partial charge in [0.25, 0.3) is 0 Å². The average Bonchev–Trinajstić information content (AvgIpc) is 2.86. The minimum atomic E-state index is -3.25. The molecule has 0 amide bonds. The lowest BCUT2D eigenvalue weighted by atomic mass is 9.86. The number of benzene rings is 1. The standard InChI is InChI=1S/C15H19BrO4S/c16-13-3-5-14(6-4-13)21(17,18)11-12-2-1-7-15(10-12)19-8-9-20-15/h3-6,12H,1-2,7-11H2/t12-/m1/s1. The first kappa shape index (κ1) is 15.5. The van der Waals surface area contributed by atoms with Gasteiger partial charge in [0.15, 0.2) is 15.6 Å². The Hall–Kier alpha value is -0.430. The molecule has 1 aliphatic heterocycles. The molecular weight excluding hydrogens is 356 g/mol. The van der Waals surface area contributed by atoms with E-state index in [2.05, 4.69) is 15.9 Å². The van der Waals surface area contributed by atoms with Crippen molar-refractivity contribution in [3.8, 4) is 0 Å². The molecule has 1 heterocycles. The van der Waals surface area contributed by atoms with Crippen molar-refractivity contribution in [1.29, 1.82) is 0 Å². The predicted molar refractivity (Wildman–Crippen MR) is 82.8 cm³/mol. The Morgan fingerprint density at radius 3 is 2.52 bits per heavy atom. The lowest BCUT2D eigenvalue weighted by Crippen LogP contribution is -2.38. The van der Waals surface area contributed by atoms with Crippen LogP contribution in [0.3, 0.4) is 0 Å². The molecule has 1 aromatic carbocycles. The van der Waals surface area contributed by atoms with E-state index in [0.717, 1.165) is 23.7 Å².